The number of nitro groups is 1. The van der Waals surface area contributed by atoms with Gasteiger partial charge in [0.05, 0.1) is 17.6 Å². The second-order valence-electron chi connectivity index (χ2n) is 4.56. The molecule has 1 fully saturated rings. The van der Waals surface area contributed by atoms with Crippen LogP contribution >= 0.6 is 0 Å². The van der Waals surface area contributed by atoms with Gasteiger partial charge in [0, 0.05) is 24.4 Å². The largest absolute Gasteiger partial charge is 0.494 e. The van der Waals surface area contributed by atoms with Crippen LogP contribution in [0.25, 0.3) is 0 Å². The molecule has 1 N–H and O–H groups in total. The van der Waals surface area contributed by atoms with Gasteiger partial charge in [-0.3, -0.25) is 10.1 Å². The van der Waals surface area contributed by atoms with E-state index in [1.54, 1.807) is 6.07 Å². The van der Waals surface area contributed by atoms with Crippen LogP contribution in [0, 0.1) is 16.0 Å². The Morgan fingerprint density at radius 3 is 2.83 bits per heavy atom. The van der Waals surface area contributed by atoms with Crippen molar-refractivity contribution < 1.29 is 9.66 Å². The summed E-state index contributed by atoms with van der Waals surface area (Å²) in [5, 5.41) is 14.0. The average molecular weight is 250 g/mol. The first-order chi connectivity index (χ1) is 8.69. The third-order valence-corrected chi connectivity index (χ3v) is 2.99. The molecule has 0 amide bonds. The van der Waals surface area contributed by atoms with Crippen molar-refractivity contribution >= 4 is 11.4 Å². The lowest BCUT2D eigenvalue weighted by Crippen LogP contribution is -2.03. The number of nitrogens with zero attached hydrogens (tertiary/aromatic N) is 1. The summed E-state index contributed by atoms with van der Waals surface area (Å²) in [6, 6.07) is 4.81. The summed E-state index contributed by atoms with van der Waals surface area (Å²) >= 11 is 0. The fraction of sp³-hybridized carbons (Fsp3) is 0.538. The zero-order chi connectivity index (χ0) is 13.0. The van der Waals surface area contributed by atoms with Crippen LogP contribution in [0.3, 0.4) is 0 Å². The number of benzene rings is 1. The first-order valence-electron chi connectivity index (χ1n) is 6.35. The summed E-state index contributed by atoms with van der Waals surface area (Å²) in [5.41, 5.74) is 0.822. The Labute approximate surface area is 106 Å². The number of hydrogen-bond acceptors (Lipinski definition) is 4. The summed E-state index contributed by atoms with van der Waals surface area (Å²) < 4.78 is 5.33. The predicted molar refractivity (Wildman–Crippen MR) is 70.1 cm³/mol. The molecule has 98 valence electrons. The average Bonchev–Trinajstić information content (AvgIpc) is 3.13. The van der Waals surface area contributed by atoms with Crippen LogP contribution in [-0.2, 0) is 0 Å². The number of anilines is 1. The first kappa shape index (κ1) is 12.7. The van der Waals surface area contributed by atoms with E-state index in [0.717, 1.165) is 24.6 Å². The van der Waals surface area contributed by atoms with Crippen LogP contribution in [0.1, 0.15) is 26.2 Å². The summed E-state index contributed by atoms with van der Waals surface area (Å²) in [6.07, 6.45) is 3.77. The van der Waals surface area contributed by atoms with Gasteiger partial charge in [0.2, 0.25) is 0 Å². The molecule has 0 atom stereocenters. The van der Waals surface area contributed by atoms with Crippen LogP contribution in [0.4, 0.5) is 11.4 Å². The quantitative estimate of drug-likeness (QED) is 0.596. The van der Waals surface area contributed by atoms with Crippen molar-refractivity contribution in [3.63, 3.8) is 0 Å². The first-order valence-corrected chi connectivity index (χ1v) is 6.35. The normalized spacial score (nSPS) is 14.3. The molecule has 0 spiro atoms. The SMILES string of the molecule is CCOc1cc(NCCC2CC2)cc([N+](=O)[O-])c1. The lowest BCUT2D eigenvalue weighted by atomic mass is 10.2. The van der Waals surface area contributed by atoms with E-state index < -0.39 is 4.92 Å². The fourth-order valence-corrected chi connectivity index (χ4v) is 1.87. The second-order valence-corrected chi connectivity index (χ2v) is 4.56. The molecule has 1 aliphatic rings. The Bertz CT molecular complexity index is 430. The maximum absolute atomic E-state index is 10.8. The third kappa shape index (κ3) is 3.61. The van der Waals surface area contributed by atoms with Gasteiger partial charge in [-0.15, -0.1) is 0 Å². The molecule has 0 bridgehead atoms. The summed E-state index contributed by atoms with van der Waals surface area (Å²) in [6.45, 7) is 3.22. The number of nitro benzene ring substituents is 1. The van der Waals surface area contributed by atoms with Crippen molar-refractivity contribution in [2.75, 3.05) is 18.5 Å². The summed E-state index contributed by atoms with van der Waals surface area (Å²) in [4.78, 5) is 10.4. The standard InChI is InChI=1S/C13H18N2O3/c1-2-18-13-8-11(7-12(9-13)15(16)17)14-6-5-10-3-4-10/h7-10,14H,2-6H2,1H3. The van der Waals surface area contributed by atoms with Crippen molar-refractivity contribution in [2.45, 2.75) is 26.2 Å². The Hall–Kier alpha value is -1.78. The molecule has 2 rings (SSSR count). The Morgan fingerprint density at radius 1 is 1.44 bits per heavy atom. The van der Waals surface area contributed by atoms with Crippen molar-refractivity contribution in [1.29, 1.82) is 0 Å². The number of ether oxygens (including phenoxy) is 1. The highest BCUT2D eigenvalue weighted by molar-refractivity contribution is 5.56. The minimum absolute atomic E-state index is 0.0647. The van der Waals surface area contributed by atoms with E-state index in [1.165, 1.54) is 18.9 Å². The molecule has 1 saturated carbocycles. The van der Waals surface area contributed by atoms with Crippen LogP contribution < -0.4 is 10.1 Å². The number of rotatable bonds is 7. The van der Waals surface area contributed by atoms with Gasteiger partial charge in [-0.05, 0) is 19.3 Å². The van der Waals surface area contributed by atoms with Crippen LogP contribution in [0.5, 0.6) is 5.75 Å². The minimum Gasteiger partial charge on any atom is -0.494 e. The number of hydrogen-bond donors (Lipinski definition) is 1. The van der Waals surface area contributed by atoms with Gasteiger partial charge in [0.15, 0.2) is 0 Å². The maximum Gasteiger partial charge on any atom is 0.275 e. The summed E-state index contributed by atoms with van der Waals surface area (Å²) in [5.74, 6) is 1.39. The molecule has 1 aromatic rings. The van der Waals surface area contributed by atoms with Gasteiger partial charge < -0.3 is 10.1 Å². The predicted octanol–water partition coefficient (Wildman–Crippen LogP) is 3.21. The number of non-ortho nitro benzene ring substituents is 1. The molecule has 5 nitrogen and oxygen atoms in total. The molecule has 0 saturated heterocycles. The minimum atomic E-state index is -0.394. The van der Waals surface area contributed by atoms with E-state index in [1.807, 2.05) is 13.0 Å². The summed E-state index contributed by atoms with van der Waals surface area (Å²) in [7, 11) is 0. The third-order valence-electron chi connectivity index (χ3n) is 2.99. The van der Waals surface area contributed by atoms with Crippen molar-refractivity contribution in [1.82, 2.24) is 0 Å². The van der Waals surface area contributed by atoms with Gasteiger partial charge in [-0.1, -0.05) is 12.8 Å². The maximum atomic E-state index is 10.8. The molecule has 5 heteroatoms. The van der Waals surface area contributed by atoms with E-state index in [4.69, 9.17) is 4.74 Å². The van der Waals surface area contributed by atoms with Gasteiger partial charge in [-0.25, -0.2) is 0 Å². The molecule has 0 aromatic heterocycles. The van der Waals surface area contributed by atoms with Crippen molar-refractivity contribution in [3.05, 3.63) is 28.3 Å². The molecule has 18 heavy (non-hydrogen) atoms. The lowest BCUT2D eigenvalue weighted by Gasteiger charge is -2.09. The highest BCUT2D eigenvalue weighted by atomic mass is 16.6. The smallest absolute Gasteiger partial charge is 0.275 e. The molecule has 0 radical (unpaired) electrons. The zero-order valence-corrected chi connectivity index (χ0v) is 10.5. The van der Waals surface area contributed by atoms with Gasteiger partial charge >= 0.3 is 0 Å². The van der Waals surface area contributed by atoms with Crippen molar-refractivity contribution in [2.24, 2.45) is 5.92 Å². The highest BCUT2D eigenvalue weighted by Crippen LogP contribution is 2.32. The van der Waals surface area contributed by atoms with Crippen LogP contribution in [0.2, 0.25) is 0 Å². The van der Waals surface area contributed by atoms with E-state index in [0.29, 0.717) is 12.4 Å². The fourth-order valence-electron chi connectivity index (χ4n) is 1.87. The Morgan fingerprint density at radius 2 is 2.22 bits per heavy atom. The second kappa shape index (κ2) is 5.71. The Kier molecular flexibility index (Phi) is 4.02. The van der Waals surface area contributed by atoms with Gasteiger partial charge in [-0.2, -0.15) is 0 Å². The van der Waals surface area contributed by atoms with Gasteiger partial charge in [0.1, 0.15) is 5.75 Å². The van der Waals surface area contributed by atoms with Crippen LogP contribution in [-0.4, -0.2) is 18.1 Å². The molecule has 1 aromatic carbocycles. The lowest BCUT2D eigenvalue weighted by molar-refractivity contribution is -0.384. The Balaban J connectivity index is 2.03. The number of nitrogens with one attached hydrogen (secondary N) is 1. The monoisotopic (exact) mass is 250 g/mol. The van der Waals surface area contributed by atoms with E-state index in [-0.39, 0.29) is 5.69 Å². The molecule has 0 unspecified atom stereocenters. The van der Waals surface area contributed by atoms with E-state index in [2.05, 4.69) is 5.32 Å². The topological polar surface area (TPSA) is 64.4 Å². The van der Waals surface area contributed by atoms with Crippen molar-refractivity contribution in [3.8, 4) is 5.75 Å². The van der Waals surface area contributed by atoms with Crippen LogP contribution in [0.15, 0.2) is 18.2 Å². The molecular weight excluding hydrogens is 232 g/mol. The molecule has 0 aliphatic heterocycles. The molecule has 0 heterocycles. The van der Waals surface area contributed by atoms with Gasteiger partial charge in [0.25, 0.3) is 5.69 Å². The zero-order valence-electron chi connectivity index (χ0n) is 10.5. The highest BCUT2D eigenvalue weighted by Gasteiger charge is 2.20. The van der Waals surface area contributed by atoms with E-state index >= 15 is 0 Å². The molecule has 1 aliphatic carbocycles. The molecular formula is C13H18N2O3. The van der Waals surface area contributed by atoms with E-state index in [9.17, 15) is 10.1 Å².